The molecule has 1 unspecified atom stereocenters. The summed E-state index contributed by atoms with van der Waals surface area (Å²) in [5.41, 5.74) is 2.33. The molecule has 0 spiro atoms. The minimum absolute atomic E-state index is 0.512. The van der Waals surface area contributed by atoms with Crippen LogP contribution in [0, 0.1) is 0 Å². The minimum atomic E-state index is 0.512. The lowest BCUT2D eigenvalue weighted by molar-refractivity contribution is 0.321. The first-order valence-electron chi connectivity index (χ1n) is 5.78. The molecular weight excluding hydrogens is 315 g/mol. The molecule has 0 aliphatic carbocycles. The number of hydrogen-bond acceptors (Lipinski definition) is 3. The van der Waals surface area contributed by atoms with Gasteiger partial charge in [-0.15, -0.1) is 0 Å². The van der Waals surface area contributed by atoms with Gasteiger partial charge in [0.2, 0.25) is 0 Å². The van der Waals surface area contributed by atoms with Crippen molar-refractivity contribution in [3.63, 3.8) is 0 Å². The van der Waals surface area contributed by atoms with Crippen LogP contribution in [0.3, 0.4) is 0 Å². The number of nitrogens with zero attached hydrogens (tertiary/aromatic N) is 2. The first-order valence-corrected chi connectivity index (χ1v) is 6.75. The molecule has 0 saturated heterocycles. The highest BCUT2D eigenvalue weighted by atomic mass is 127. The van der Waals surface area contributed by atoms with Gasteiger partial charge >= 0.3 is 0 Å². The molecule has 88 valence electrons. The van der Waals surface area contributed by atoms with Gasteiger partial charge in [-0.05, 0) is 24.8 Å². The topological polar surface area (TPSA) is 25.4 Å². The molecule has 0 aromatic carbocycles. The third-order valence-corrected chi connectivity index (χ3v) is 4.01. The first-order chi connectivity index (χ1) is 7.72. The number of fused-ring (bicyclic) bond motifs is 1. The van der Waals surface area contributed by atoms with Crippen molar-refractivity contribution < 1.29 is 4.74 Å². The second-order valence-electron chi connectivity index (χ2n) is 4.17. The average molecular weight is 332 g/mol. The molecule has 4 heteroatoms. The van der Waals surface area contributed by atoms with Gasteiger partial charge in [-0.3, -0.25) is 4.98 Å². The SMILES string of the molecule is CCC(C)c1cc2c(cn1)OCCCN2I. The number of pyridine rings is 1. The molecule has 2 heterocycles. The van der Waals surface area contributed by atoms with Gasteiger partial charge in [0, 0.05) is 12.2 Å². The second kappa shape index (κ2) is 5.21. The molecule has 16 heavy (non-hydrogen) atoms. The third-order valence-electron chi connectivity index (χ3n) is 3.00. The maximum Gasteiger partial charge on any atom is 0.161 e. The van der Waals surface area contributed by atoms with Crippen LogP contribution in [0.1, 0.15) is 38.3 Å². The van der Waals surface area contributed by atoms with Gasteiger partial charge in [-0.25, -0.2) is 0 Å². The van der Waals surface area contributed by atoms with Gasteiger partial charge < -0.3 is 7.85 Å². The van der Waals surface area contributed by atoms with Crippen LogP contribution in [0.4, 0.5) is 5.69 Å². The number of hydrogen-bond donors (Lipinski definition) is 0. The van der Waals surface area contributed by atoms with E-state index in [1.165, 1.54) is 5.69 Å². The molecule has 0 fully saturated rings. The van der Waals surface area contributed by atoms with Gasteiger partial charge in [0.25, 0.3) is 0 Å². The van der Waals surface area contributed by atoms with E-state index < -0.39 is 0 Å². The fraction of sp³-hybridized carbons (Fsp3) is 0.583. The number of aromatic nitrogens is 1. The quantitative estimate of drug-likeness (QED) is 0.612. The third kappa shape index (κ3) is 2.42. The van der Waals surface area contributed by atoms with Gasteiger partial charge in [0.15, 0.2) is 5.75 Å². The molecule has 0 N–H and O–H groups in total. The Labute approximate surface area is 111 Å². The summed E-state index contributed by atoms with van der Waals surface area (Å²) in [6.07, 6.45) is 4.05. The molecular formula is C12H17IN2O. The highest BCUT2D eigenvalue weighted by molar-refractivity contribution is 14.1. The van der Waals surface area contributed by atoms with Crippen molar-refractivity contribution >= 4 is 28.6 Å². The number of halogens is 1. The van der Waals surface area contributed by atoms with Crippen molar-refractivity contribution in [2.75, 3.05) is 16.3 Å². The summed E-state index contributed by atoms with van der Waals surface area (Å²) >= 11 is 2.35. The normalized spacial score (nSPS) is 17.3. The van der Waals surface area contributed by atoms with Crippen LogP contribution >= 0.6 is 22.9 Å². The largest absolute Gasteiger partial charge is 0.490 e. The smallest absolute Gasteiger partial charge is 0.161 e. The molecule has 2 rings (SSSR count). The van der Waals surface area contributed by atoms with Crippen molar-refractivity contribution in [3.05, 3.63) is 18.0 Å². The molecule has 1 atom stereocenters. The fourth-order valence-corrected chi connectivity index (χ4v) is 2.45. The van der Waals surface area contributed by atoms with Crippen molar-refractivity contribution in [1.29, 1.82) is 0 Å². The van der Waals surface area contributed by atoms with Gasteiger partial charge in [0.05, 0.1) is 41.4 Å². The zero-order chi connectivity index (χ0) is 11.5. The fourth-order valence-electron chi connectivity index (χ4n) is 1.73. The Kier molecular flexibility index (Phi) is 3.89. The predicted octanol–water partition coefficient (Wildman–Crippen LogP) is 3.53. The Morgan fingerprint density at radius 3 is 3.19 bits per heavy atom. The monoisotopic (exact) mass is 332 g/mol. The summed E-state index contributed by atoms with van der Waals surface area (Å²) in [5.74, 6) is 1.43. The average Bonchev–Trinajstić information content (AvgIpc) is 2.50. The molecule has 1 aromatic heterocycles. The molecule has 1 aromatic rings. The summed E-state index contributed by atoms with van der Waals surface area (Å²) < 4.78 is 7.91. The predicted molar refractivity (Wildman–Crippen MR) is 74.4 cm³/mol. The standard InChI is InChI=1S/C12H17IN2O/c1-3-9(2)10-7-11-12(8-14-10)16-6-4-5-15(11)13/h7-9H,3-6H2,1-2H3. The number of ether oxygens (including phenoxy) is 1. The van der Waals surface area contributed by atoms with Gasteiger partial charge in [-0.1, -0.05) is 13.8 Å². The van der Waals surface area contributed by atoms with Crippen molar-refractivity contribution in [2.24, 2.45) is 0 Å². The highest BCUT2D eigenvalue weighted by Gasteiger charge is 2.17. The van der Waals surface area contributed by atoms with Crippen LogP contribution in [-0.4, -0.2) is 18.1 Å². The molecule has 0 amide bonds. The highest BCUT2D eigenvalue weighted by Crippen LogP contribution is 2.34. The summed E-state index contributed by atoms with van der Waals surface area (Å²) in [7, 11) is 0. The molecule has 0 bridgehead atoms. The lowest BCUT2D eigenvalue weighted by Gasteiger charge is -2.17. The summed E-state index contributed by atoms with van der Waals surface area (Å²) in [4.78, 5) is 4.48. The van der Waals surface area contributed by atoms with E-state index in [4.69, 9.17) is 4.74 Å². The first kappa shape index (κ1) is 12.0. The lowest BCUT2D eigenvalue weighted by atomic mass is 10.0. The minimum Gasteiger partial charge on any atom is -0.490 e. The van der Waals surface area contributed by atoms with Crippen molar-refractivity contribution in [3.8, 4) is 5.75 Å². The van der Waals surface area contributed by atoms with E-state index in [1.54, 1.807) is 0 Å². The van der Waals surface area contributed by atoms with Crippen molar-refractivity contribution in [1.82, 2.24) is 4.98 Å². The van der Waals surface area contributed by atoms with Crippen LogP contribution in [0.2, 0.25) is 0 Å². The molecule has 0 saturated carbocycles. The van der Waals surface area contributed by atoms with E-state index in [1.807, 2.05) is 6.20 Å². The maximum absolute atomic E-state index is 5.68. The van der Waals surface area contributed by atoms with E-state index in [-0.39, 0.29) is 0 Å². The van der Waals surface area contributed by atoms with E-state index in [9.17, 15) is 0 Å². The Bertz CT molecular complexity index is 370. The Hall–Kier alpha value is -0.520. The zero-order valence-corrected chi connectivity index (χ0v) is 11.9. The summed E-state index contributed by atoms with van der Waals surface area (Å²) in [6.45, 7) is 6.23. The molecule has 1 aliphatic rings. The Balaban J connectivity index is 2.35. The lowest BCUT2D eigenvalue weighted by Crippen LogP contribution is -2.10. The number of rotatable bonds is 2. The van der Waals surface area contributed by atoms with Crippen LogP contribution in [0.15, 0.2) is 12.3 Å². The zero-order valence-electron chi connectivity index (χ0n) is 9.74. The summed E-state index contributed by atoms with van der Waals surface area (Å²) in [6, 6.07) is 2.17. The molecule has 0 radical (unpaired) electrons. The van der Waals surface area contributed by atoms with E-state index in [0.717, 1.165) is 37.4 Å². The Morgan fingerprint density at radius 2 is 2.44 bits per heavy atom. The van der Waals surface area contributed by atoms with Gasteiger partial charge in [0.1, 0.15) is 0 Å². The van der Waals surface area contributed by atoms with E-state index >= 15 is 0 Å². The second-order valence-corrected chi connectivity index (χ2v) is 5.34. The van der Waals surface area contributed by atoms with Gasteiger partial charge in [-0.2, -0.15) is 0 Å². The van der Waals surface area contributed by atoms with Crippen molar-refractivity contribution in [2.45, 2.75) is 32.6 Å². The van der Waals surface area contributed by atoms with Crippen LogP contribution < -0.4 is 7.85 Å². The summed E-state index contributed by atoms with van der Waals surface area (Å²) in [5, 5.41) is 0. The Morgan fingerprint density at radius 1 is 1.62 bits per heavy atom. The maximum atomic E-state index is 5.68. The van der Waals surface area contributed by atoms with Crippen LogP contribution in [-0.2, 0) is 0 Å². The van der Waals surface area contributed by atoms with E-state index in [0.29, 0.717) is 5.92 Å². The molecule has 3 nitrogen and oxygen atoms in total. The van der Waals surface area contributed by atoms with Crippen LogP contribution in [0.25, 0.3) is 0 Å². The number of anilines is 1. The van der Waals surface area contributed by atoms with E-state index in [2.05, 4.69) is 50.9 Å². The van der Waals surface area contributed by atoms with Crippen LogP contribution in [0.5, 0.6) is 5.75 Å². The molecule has 1 aliphatic heterocycles.